The van der Waals surface area contributed by atoms with Gasteiger partial charge in [0.25, 0.3) is 0 Å². The number of hydrogen-bond donors (Lipinski definition) is 2. The maximum absolute atomic E-state index is 11.5. The Balaban J connectivity index is 1.76. The van der Waals surface area contributed by atoms with Crippen molar-refractivity contribution in [3.8, 4) is 0 Å². The second-order valence-corrected chi connectivity index (χ2v) is 3.73. The van der Waals surface area contributed by atoms with Crippen LogP contribution in [-0.2, 0) is 14.3 Å². The van der Waals surface area contributed by atoms with Gasteiger partial charge in [-0.15, -0.1) is 0 Å². The van der Waals surface area contributed by atoms with Crippen molar-refractivity contribution >= 4 is 11.9 Å². The summed E-state index contributed by atoms with van der Waals surface area (Å²) in [6.07, 6.45) is 3.21. The van der Waals surface area contributed by atoms with Gasteiger partial charge in [-0.1, -0.05) is 0 Å². The van der Waals surface area contributed by atoms with Crippen molar-refractivity contribution in [2.24, 2.45) is 0 Å². The number of rotatable bonds is 2. The summed E-state index contributed by atoms with van der Waals surface area (Å²) in [5.41, 5.74) is 0. The Morgan fingerprint density at radius 3 is 2.71 bits per heavy atom. The predicted molar refractivity (Wildman–Crippen MR) is 48.5 cm³/mol. The van der Waals surface area contributed by atoms with E-state index in [4.69, 9.17) is 4.74 Å². The van der Waals surface area contributed by atoms with Crippen LogP contribution in [0, 0.1) is 0 Å². The van der Waals surface area contributed by atoms with Crippen LogP contribution in [0.25, 0.3) is 0 Å². The van der Waals surface area contributed by atoms with Gasteiger partial charge < -0.3 is 10.1 Å². The van der Waals surface area contributed by atoms with Gasteiger partial charge in [-0.3, -0.25) is 14.9 Å². The largest absolute Gasteiger partial charge is 0.461 e. The Kier molecular flexibility index (Phi) is 2.67. The van der Waals surface area contributed by atoms with Crippen molar-refractivity contribution in [3.05, 3.63) is 0 Å². The maximum atomic E-state index is 11.5. The molecule has 1 atom stereocenters. The highest BCUT2D eigenvalue weighted by atomic mass is 16.5. The molecule has 2 N–H and O–H groups in total. The van der Waals surface area contributed by atoms with E-state index in [1.807, 2.05) is 0 Å². The van der Waals surface area contributed by atoms with Crippen LogP contribution in [0.5, 0.6) is 0 Å². The molecule has 1 amide bonds. The Bertz CT molecular complexity index is 240. The lowest BCUT2D eigenvalue weighted by atomic mass is 9.96. The SMILES string of the molecule is O=C1CNC(C(=O)OC2CCC2)CN1. The number of piperazine rings is 1. The fourth-order valence-corrected chi connectivity index (χ4v) is 1.47. The van der Waals surface area contributed by atoms with Crippen molar-refractivity contribution < 1.29 is 14.3 Å². The number of esters is 1. The minimum absolute atomic E-state index is 0.0716. The second kappa shape index (κ2) is 3.96. The van der Waals surface area contributed by atoms with Crippen LogP contribution in [0.15, 0.2) is 0 Å². The molecule has 5 heteroatoms. The van der Waals surface area contributed by atoms with E-state index in [0.29, 0.717) is 6.54 Å². The average molecular weight is 198 g/mol. The van der Waals surface area contributed by atoms with Crippen LogP contribution in [0.2, 0.25) is 0 Å². The number of ether oxygens (including phenoxy) is 1. The van der Waals surface area contributed by atoms with Crippen LogP contribution < -0.4 is 10.6 Å². The first-order valence-corrected chi connectivity index (χ1v) is 4.96. The third kappa shape index (κ3) is 2.04. The molecular formula is C9H14N2O3. The molecular weight excluding hydrogens is 184 g/mol. The Morgan fingerprint density at radius 1 is 1.43 bits per heavy atom. The molecule has 1 saturated carbocycles. The van der Waals surface area contributed by atoms with Gasteiger partial charge >= 0.3 is 5.97 Å². The lowest BCUT2D eigenvalue weighted by Crippen LogP contribution is -2.56. The Hall–Kier alpha value is -1.10. The summed E-state index contributed by atoms with van der Waals surface area (Å²) in [6.45, 7) is 0.537. The van der Waals surface area contributed by atoms with Gasteiger partial charge in [0.15, 0.2) is 0 Å². The molecule has 0 radical (unpaired) electrons. The van der Waals surface area contributed by atoms with E-state index in [2.05, 4.69) is 10.6 Å². The first kappa shape index (κ1) is 9.45. The number of carbonyl (C=O) groups excluding carboxylic acids is 2. The van der Waals surface area contributed by atoms with Crippen LogP contribution in [0.1, 0.15) is 19.3 Å². The lowest BCUT2D eigenvalue weighted by molar-refractivity contribution is -0.156. The first-order chi connectivity index (χ1) is 6.75. The molecule has 1 saturated heterocycles. The molecule has 0 aromatic carbocycles. The number of carbonyl (C=O) groups is 2. The number of hydrogen-bond acceptors (Lipinski definition) is 4. The van der Waals surface area contributed by atoms with E-state index in [0.717, 1.165) is 19.3 Å². The van der Waals surface area contributed by atoms with Crippen molar-refractivity contribution in [1.29, 1.82) is 0 Å². The van der Waals surface area contributed by atoms with Crippen LogP contribution in [-0.4, -0.2) is 37.1 Å². The summed E-state index contributed by atoms with van der Waals surface area (Å²) < 4.78 is 5.21. The summed E-state index contributed by atoms with van der Waals surface area (Å²) >= 11 is 0. The van der Waals surface area contributed by atoms with Crippen molar-refractivity contribution in [2.75, 3.05) is 13.1 Å². The lowest BCUT2D eigenvalue weighted by Gasteiger charge is -2.29. The normalized spacial score (nSPS) is 27.7. The van der Waals surface area contributed by atoms with E-state index in [9.17, 15) is 9.59 Å². The molecule has 2 fully saturated rings. The summed E-state index contributed by atoms with van der Waals surface area (Å²) in [5, 5.41) is 5.46. The summed E-state index contributed by atoms with van der Waals surface area (Å²) in [4.78, 5) is 22.3. The standard InChI is InChI=1S/C9H14N2O3/c12-8-5-10-7(4-11-8)9(13)14-6-2-1-3-6/h6-7,10H,1-5H2,(H,11,12). The molecule has 1 unspecified atom stereocenters. The average Bonchev–Trinajstić information content (AvgIpc) is 2.12. The third-order valence-corrected chi connectivity index (χ3v) is 2.63. The number of nitrogens with one attached hydrogen (secondary N) is 2. The zero-order valence-electron chi connectivity index (χ0n) is 7.91. The fraction of sp³-hybridized carbons (Fsp3) is 0.778. The van der Waals surface area contributed by atoms with Gasteiger partial charge in [-0.25, -0.2) is 0 Å². The van der Waals surface area contributed by atoms with E-state index in [1.54, 1.807) is 0 Å². The molecule has 1 aliphatic carbocycles. The highest BCUT2D eigenvalue weighted by Crippen LogP contribution is 2.22. The van der Waals surface area contributed by atoms with E-state index in [1.165, 1.54) is 0 Å². The highest BCUT2D eigenvalue weighted by molar-refractivity contribution is 5.84. The minimum atomic E-state index is -0.367. The molecule has 1 aliphatic heterocycles. The first-order valence-electron chi connectivity index (χ1n) is 4.96. The monoisotopic (exact) mass is 198 g/mol. The van der Waals surface area contributed by atoms with Gasteiger partial charge in [0.2, 0.25) is 5.91 Å². The van der Waals surface area contributed by atoms with Crippen LogP contribution in [0.4, 0.5) is 0 Å². The van der Waals surface area contributed by atoms with Crippen LogP contribution >= 0.6 is 0 Å². The Morgan fingerprint density at radius 2 is 2.21 bits per heavy atom. The van der Waals surface area contributed by atoms with E-state index < -0.39 is 0 Å². The highest BCUT2D eigenvalue weighted by Gasteiger charge is 2.29. The van der Waals surface area contributed by atoms with Gasteiger partial charge in [0, 0.05) is 6.54 Å². The molecule has 1 heterocycles. The molecule has 2 aliphatic rings. The van der Waals surface area contributed by atoms with Gasteiger partial charge in [0.05, 0.1) is 6.54 Å². The molecule has 5 nitrogen and oxygen atoms in total. The topological polar surface area (TPSA) is 67.4 Å². The smallest absolute Gasteiger partial charge is 0.325 e. The maximum Gasteiger partial charge on any atom is 0.325 e. The number of amides is 1. The molecule has 0 aromatic heterocycles. The van der Waals surface area contributed by atoms with Gasteiger partial charge in [-0.2, -0.15) is 0 Å². The summed E-state index contributed by atoms with van der Waals surface area (Å²) in [6, 6.07) is -0.367. The fourth-order valence-electron chi connectivity index (χ4n) is 1.47. The molecule has 0 aromatic rings. The van der Waals surface area contributed by atoms with Crippen molar-refractivity contribution in [3.63, 3.8) is 0 Å². The molecule has 14 heavy (non-hydrogen) atoms. The van der Waals surface area contributed by atoms with Crippen molar-refractivity contribution in [2.45, 2.75) is 31.4 Å². The third-order valence-electron chi connectivity index (χ3n) is 2.63. The zero-order valence-corrected chi connectivity index (χ0v) is 7.91. The predicted octanol–water partition coefficient (Wildman–Crippen LogP) is -0.830. The quantitative estimate of drug-likeness (QED) is 0.568. The summed E-state index contributed by atoms with van der Waals surface area (Å²) in [5.74, 6) is -0.313. The van der Waals surface area contributed by atoms with Gasteiger partial charge in [0.1, 0.15) is 12.1 Å². The van der Waals surface area contributed by atoms with Crippen LogP contribution in [0.3, 0.4) is 0 Å². The zero-order chi connectivity index (χ0) is 9.97. The van der Waals surface area contributed by atoms with E-state index in [-0.39, 0.29) is 30.6 Å². The molecule has 2 rings (SSSR count). The minimum Gasteiger partial charge on any atom is -0.461 e. The van der Waals surface area contributed by atoms with E-state index >= 15 is 0 Å². The Labute approximate surface area is 82.2 Å². The molecule has 0 bridgehead atoms. The summed E-state index contributed by atoms with van der Waals surface area (Å²) in [7, 11) is 0. The second-order valence-electron chi connectivity index (χ2n) is 3.73. The van der Waals surface area contributed by atoms with Gasteiger partial charge in [-0.05, 0) is 19.3 Å². The van der Waals surface area contributed by atoms with Crippen molar-refractivity contribution in [1.82, 2.24) is 10.6 Å². The molecule has 0 spiro atoms. The molecule has 78 valence electrons.